The molecule has 0 aromatic heterocycles. The number of hydrogen-bond acceptors (Lipinski definition) is 4. The zero-order valence-electron chi connectivity index (χ0n) is 16.1. The fourth-order valence-corrected chi connectivity index (χ4v) is 3.26. The van der Waals surface area contributed by atoms with Gasteiger partial charge in [0.2, 0.25) is 11.8 Å². The Hall–Kier alpha value is -2.47. The number of amides is 2. The van der Waals surface area contributed by atoms with Crippen molar-refractivity contribution in [3.63, 3.8) is 0 Å². The largest absolute Gasteiger partial charge is 0.491 e. The fraction of sp³-hybridized carbons (Fsp3) is 0.333. The summed E-state index contributed by atoms with van der Waals surface area (Å²) in [7, 11) is 0. The van der Waals surface area contributed by atoms with Gasteiger partial charge in [0.15, 0.2) is 0 Å². The summed E-state index contributed by atoms with van der Waals surface area (Å²) in [6.45, 7) is 7.80. The lowest BCUT2D eigenvalue weighted by atomic mass is 10.2. The van der Waals surface area contributed by atoms with E-state index in [1.807, 2.05) is 69.3 Å². The summed E-state index contributed by atoms with van der Waals surface area (Å²) < 4.78 is 5.62. The molecule has 0 aliphatic heterocycles. The molecule has 5 nitrogen and oxygen atoms in total. The maximum atomic E-state index is 12.3. The van der Waals surface area contributed by atoms with E-state index in [4.69, 9.17) is 4.74 Å². The number of thioether (sulfide) groups is 1. The summed E-state index contributed by atoms with van der Waals surface area (Å²) >= 11 is 1.48. The van der Waals surface area contributed by atoms with Crippen LogP contribution in [0.5, 0.6) is 5.75 Å². The number of carbonyl (C=O) groups excluding carboxylic acids is 2. The van der Waals surface area contributed by atoms with Crippen LogP contribution in [0.3, 0.4) is 0 Å². The lowest BCUT2D eigenvalue weighted by Gasteiger charge is -2.13. The summed E-state index contributed by atoms with van der Waals surface area (Å²) in [5.41, 5.74) is 1.77. The van der Waals surface area contributed by atoms with Crippen molar-refractivity contribution in [3.8, 4) is 5.75 Å². The van der Waals surface area contributed by atoms with Crippen molar-refractivity contribution in [3.05, 3.63) is 54.1 Å². The van der Waals surface area contributed by atoms with Gasteiger partial charge in [0.05, 0.1) is 11.4 Å². The molecular formula is C21H26N2O3S. The van der Waals surface area contributed by atoms with Gasteiger partial charge in [-0.25, -0.2) is 0 Å². The summed E-state index contributed by atoms with van der Waals surface area (Å²) in [6.07, 6.45) is 0.140. The van der Waals surface area contributed by atoms with Gasteiger partial charge in [-0.2, -0.15) is 0 Å². The molecule has 27 heavy (non-hydrogen) atoms. The number of carbonyl (C=O) groups is 2. The van der Waals surface area contributed by atoms with Gasteiger partial charge in [-0.05, 0) is 62.7 Å². The van der Waals surface area contributed by atoms with Crippen molar-refractivity contribution in [2.75, 3.05) is 5.32 Å². The second-order valence-corrected chi connectivity index (χ2v) is 7.91. The van der Waals surface area contributed by atoms with Crippen molar-refractivity contribution < 1.29 is 14.3 Å². The molecule has 2 rings (SSSR count). The Morgan fingerprint density at radius 3 is 2.19 bits per heavy atom. The SMILES string of the molecule is CC(=O)Nc1ccc(SC(C)C(=O)NCc2ccc(OC(C)C)cc2)cc1. The fourth-order valence-electron chi connectivity index (χ4n) is 2.37. The molecule has 2 N–H and O–H groups in total. The van der Waals surface area contributed by atoms with E-state index < -0.39 is 0 Å². The second-order valence-electron chi connectivity index (χ2n) is 6.49. The molecule has 2 aromatic rings. The normalized spacial score (nSPS) is 11.7. The van der Waals surface area contributed by atoms with E-state index in [1.54, 1.807) is 0 Å². The number of hydrogen-bond donors (Lipinski definition) is 2. The van der Waals surface area contributed by atoms with Crippen molar-refractivity contribution in [1.82, 2.24) is 5.32 Å². The minimum Gasteiger partial charge on any atom is -0.491 e. The average molecular weight is 387 g/mol. The van der Waals surface area contributed by atoms with Gasteiger partial charge in [0.25, 0.3) is 0 Å². The van der Waals surface area contributed by atoms with Crippen LogP contribution < -0.4 is 15.4 Å². The Kier molecular flexibility index (Phi) is 7.73. The van der Waals surface area contributed by atoms with E-state index in [9.17, 15) is 9.59 Å². The van der Waals surface area contributed by atoms with Gasteiger partial charge in [0.1, 0.15) is 5.75 Å². The molecule has 2 aromatic carbocycles. The number of nitrogens with one attached hydrogen (secondary N) is 2. The highest BCUT2D eigenvalue weighted by Gasteiger charge is 2.14. The number of benzene rings is 2. The molecule has 0 aliphatic carbocycles. The highest BCUT2D eigenvalue weighted by molar-refractivity contribution is 8.00. The minimum atomic E-state index is -0.222. The smallest absolute Gasteiger partial charge is 0.233 e. The molecule has 1 atom stereocenters. The van der Waals surface area contributed by atoms with Gasteiger partial charge in [-0.15, -0.1) is 11.8 Å². The molecule has 1 unspecified atom stereocenters. The quantitative estimate of drug-likeness (QED) is 0.666. The summed E-state index contributed by atoms with van der Waals surface area (Å²) in [6, 6.07) is 15.2. The molecule has 0 saturated carbocycles. The first-order chi connectivity index (χ1) is 12.8. The Morgan fingerprint density at radius 1 is 1.00 bits per heavy atom. The zero-order valence-corrected chi connectivity index (χ0v) is 16.9. The van der Waals surface area contributed by atoms with Crippen LogP contribution in [-0.4, -0.2) is 23.2 Å². The van der Waals surface area contributed by atoms with Crippen LogP contribution in [0.2, 0.25) is 0 Å². The standard InChI is InChI=1S/C21H26N2O3S/c1-14(2)26-19-9-5-17(6-10-19)13-22-21(25)15(3)27-20-11-7-18(8-12-20)23-16(4)24/h5-12,14-15H,13H2,1-4H3,(H,22,25)(H,23,24). The van der Waals surface area contributed by atoms with Crippen molar-refractivity contribution >= 4 is 29.3 Å². The van der Waals surface area contributed by atoms with E-state index >= 15 is 0 Å². The summed E-state index contributed by atoms with van der Waals surface area (Å²) in [5, 5.41) is 5.46. The Balaban J connectivity index is 1.82. The first-order valence-corrected chi connectivity index (χ1v) is 9.79. The van der Waals surface area contributed by atoms with E-state index in [1.165, 1.54) is 18.7 Å². The molecule has 0 fully saturated rings. The summed E-state index contributed by atoms with van der Waals surface area (Å²) in [5.74, 6) is 0.701. The topological polar surface area (TPSA) is 67.4 Å². The lowest BCUT2D eigenvalue weighted by molar-refractivity contribution is -0.120. The van der Waals surface area contributed by atoms with E-state index in [-0.39, 0.29) is 23.2 Å². The Bertz CT molecular complexity index is 758. The van der Waals surface area contributed by atoms with Crippen LogP contribution >= 0.6 is 11.8 Å². The molecule has 0 heterocycles. The van der Waals surface area contributed by atoms with Crippen LogP contribution in [0.15, 0.2) is 53.4 Å². The predicted octanol–water partition coefficient (Wildman–Crippen LogP) is 4.23. The zero-order chi connectivity index (χ0) is 19.8. The maximum Gasteiger partial charge on any atom is 0.233 e. The van der Waals surface area contributed by atoms with Crippen molar-refractivity contribution in [1.29, 1.82) is 0 Å². The molecule has 0 aliphatic rings. The van der Waals surface area contributed by atoms with Crippen LogP contribution in [0.25, 0.3) is 0 Å². The molecule has 2 amide bonds. The minimum absolute atomic E-state index is 0.0200. The molecule has 0 spiro atoms. The van der Waals surface area contributed by atoms with Gasteiger partial charge >= 0.3 is 0 Å². The third-order valence-electron chi connectivity index (χ3n) is 3.62. The van der Waals surface area contributed by atoms with Crippen molar-refractivity contribution in [2.45, 2.75) is 50.5 Å². The van der Waals surface area contributed by atoms with Gasteiger partial charge in [-0.3, -0.25) is 9.59 Å². The molecule has 6 heteroatoms. The Morgan fingerprint density at radius 2 is 1.63 bits per heavy atom. The highest BCUT2D eigenvalue weighted by atomic mass is 32.2. The second kappa shape index (κ2) is 10.0. The molecular weight excluding hydrogens is 360 g/mol. The molecule has 0 saturated heterocycles. The lowest BCUT2D eigenvalue weighted by Crippen LogP contribution is -2.30. The third-order valence-corrected chi connectivity index (χ3v) is 4.73. The first kappa shape index (κ1) is 20.8. The van der Waals surface area contributed by atoms with Crippen molar-refractivity contribution in [2.24, 2.45) is 0 Å². The molecule has 0 radical (unpaired) electrons. The summed E-state index contributed by atoms with van der Waals surface area (Å²) in [4.78, 5) is 24.3. The van der Waals surface area contributed by atoms with E-state index in [2.05, 4.69) is 10.6 Å². The third kappa shape index (κ3) is 7.35. The number of rotatable bonds is 8. The van der Waals surface area contributed by atoms with Crippen LogP contribution in [0.1, 0.15) is 33.3 Å². The first-order valence-electron chi connectivity index (χ1n) is 8.91. The molecule has 144 valence electrons. The number of ether oxygens (including phenoxy) is 1. The van der Waals surface area contributed by atoms with Gasteiger partial charge < -0.3 is 15.4 Å². The van der Waals surface area contributed by atoms with Gasteiger partial charge in [-0.1, -0.05) is 12.1 Å². The van der Waals surface area contributed by atoms with E-state index in [0.717, 1.165) is 21.9 Å². The monoisotopic (exact) mass is 386 g/mol. The predicted molar refractivity (Wildman–Crippen MR) is 110 cm³/mol. The maximum absolute atomic E-state index is 12.3. The Labute approximate surface area is 164 Å². The van der Waals surface area contributed by atoms with Crippen LogP contribution in [0, 0.1) is 0 Å². The highest BCUT2D eigenvalue weighted by Crippen LogP contribution is 2.25. The number of anilines is 1. The average Bonchev–Trinajstić information content (AvgIpc) is 2.61. The van der Waals surface area contributed by atoms with Gasteiger partial charge in [0, 0.05) is 24.1 Å². The van der Waals surface area contributed by atoms with Crippen LogP contribution in [-0.2, 0) is 16.1 Å². The van der Waals surface area contributed by atoms with Crippen LogP contribution in [0.4, 0.5) is 5.69 Å². The molecule has 0 bridgehead atoms. The van der Waals surface area contributed by atoms with E-state index in [0.29, 0.717) is 6.54 Å².